The molecule has 4 nitrogen and oxygen atoms in total. The first-order valence-corrected chi connectivity index (χ1v) is 6.78. The lowest BCUT2D eigenvalue weighted by molar-refractivity contribution is -0.130. The fourth-order valence-corrected chi connectivity index (χ4v) is 2.82. The van der Waals surface area contributed by atoms with E-state index in [-0.39, 0.29) is 29.9 Å². The monoisotopic (exact) mass is 238 g/mol. The summed E-state index contributed by atoms with van der Waals surface area (Å²) < 4.78 is 0. The lowest BCUT2D eigenvalue weighted by atomic mass is 9.93. The quantitative estimate of drug-likeness (QED) is 0.767. The molecule has 0 aromatic carbocycles. The molecule has 1 heterocycles. The molecule has 1 aliphatic carbocycles. The van der Waals surface area contributed by atoms with Gasteiger partial charge in [0.25, 0.3) is 5.91 Å². The van der Waals surface area contributed by atoms with Gasteiger partial charge in [-0.2, -0.15) is 0 Å². The van der Waals surface area contributed by atoms with Gasteiger partial charge in [0.15, 0.2) is 0 Å². The van der Waals surface area contributed by atoms with Crippen molar-refractivity contribution in [2.24, 2.45) is 5.92 Å². The summed E-state index contributed by atoms with van der Waals surface area (Å²) in [5, 5.41) is 2.84. The Balaban J connectivity index is 2.07. The summed E-state index contributed by atoms with van der Waals surface area (Å²) in [6, 6.07) is -0.327. The third kappa shape index (κ3) is 2.31. The maximum Gasteiger partial charge on any atom is 0.325 e. The van der Waals surface area contributed by atoms with Crippen molar-refractivity contribution in [1.29, 1.82) is 0 Å². The van der Waals surface area contributed by atoms with Crippen molar-refractivity contribution in [3.05, 3.63) is 0 Å². The van der Waals surface area contributed by atoms with Crippen molar-refractivity contribution in [2.45, 2.75) is 64.5 Å². The summed E-state index contributed by atoms with van der Waals surface area (Å²) >= 11 is 0. The first-order valence-electron chi connectivity index (χ1n) is 6.78. The number of imide groups is 1. The molecule has 0 radical (unpaired) electrons. The molecule has 2 aliphatic rings. The zero-order chi connectivity index (χ0) is 12.4. The van der Waals surface area contributed by atoms with Crippen LogP contribution in [0, 0.1) is 5.92 Å². The third-order valence-corrected chi connectivity index (χ3v) is 4.15. The Hall–Kier alpha value is -1.06. The number of amides is 3. The van der Waals surface area contributed by atoms with E-state index in [1.54, 1.807) is 0 Å². The van der Waals surface area contributed by atoms with E-state index in [1.165, 1.54) is 11.3 Å². The second-order valence-corrected chi connectivity index (χ2v) is 5.31. The van der Waals surface area contributed by atoms with E-state index in [9.17, 15) is 9.59 Å². The lowest BCUT2D eigenvalue weighted by Gasteiger charge is -2.28. The molecule has 1 aliphatic heterocycles. The SMILES string of the molecule is CCC(C)C1NC(=O)N(C2CCCCC2)C1=O. The molecule has 2 rings (SSSR count). The number of hydrogen-bond donors (Lipinski definition) is 1. The van der Waals surface area contributed by atoms with Gasteiger partial charge in [0.2, 0.25) is 0 Å². The number of carbonyl (C=O) groups is 2. The third-order valence-electron chi connectivity index (χ3n) is 4.15. The van der Waals surface area contributed by atoms with Crippen molar-refractivity contribution in [3.63, 3.8) is 0 Å². The fraction of sp³-hybridized carbons (Fsp3) is 0.846. The molecule has 17 heavy (non-hydrogen) atoms. The average molecular weight is 238 g/mol. The van der Waals surface area contributed by atoms with Crippen LogP contribution in [-0.4, -0.2) is 28.9 Å². The van der Waals surface area contributed by atoms with E-state index in [4.69, 9.17) is 0 Å². The van der Waals surface area contributed by atoms with Gasteiger partial charge in [0, 0.05) is 6.04 Å². The Bertz CT molecular complexity index is 311. The van der Waals surface area contributed by atoms with Crippen LogP contribution in [0.1, 0.15) is 52.4 Å². The summed E-state index contributed by atoms with van der Waals surface area (Å²) in [6.45, 7) is 4.07. The minimum Gasteiger partial charge on any atom is -0.326 e. The summed E-state index contributed by atoms with van der Waals surface area (Å²) in [5.74, 6) is 0.219. The number of rotatable bonds is 3. The smallest absolute Gasteiger partial charge is 0.325 e. The molecule has 0 bridgehead atoms. The highest BCUT2D eigenvalue weighted by atomic mass is 16.2. The molecule has 2 fully saturated rings. The summed E-state index contributed by atoms with van der Waals surface area (Å²) in [4.78, 5) is 25.7. The van der Waals surface area contributed by atoms with E-state index in [1.807, 2.05) is 13.8 Å². The predicted octanol–water partition coefficient (Wildman–Crippen LogP) is 2.29. The van der Waals surface area contributed by atoms with Gasteiger partial charge in [-0.1, -0.05) is 39.5 Å². The number of nitrogens with one attached hydrogen (secondary N) is 1. The van der Waals surface area contributed by atoms with E-state index < -0.39 is 0 Å². The highest BCUT2D eigenvalue weighted by molar-refractivity contribution is 6.04. The van der Waals surface area contributed by atoms with E-state index in [0.717, 1.165) is 32.1 Å². The molecular formula is C13H22N2O2. The van der Waals surface area contributed by atoms with E-state index in [0.29, 0.717) is 0 Å². The molecule has 2 unspecified atom stereocenters. The van der Waals surface area contributed by atoms with Crippen molar-refractivity contribution in [1.82, 2.24) is 10.2 Å². The average Bonchev–Trinajstić information content (AvgIpc) is 2.65. The number of carbonyl (C=O) groups excluding carboxylic acids is 2. The van der Waals surface area contributed by atoms with Gasteiger partial charge in [-0.3, -0.25) is 9.69 Å². The zero-order valence-electron chi connectivity index (χ0n) is 10.7. The first-order chi connectivity index (χ1) is 8.15. The highest BCUT2D eigenvalue weighted by Crippen LogP contribution is 2.27. The van der Waals surface area contributed by atoms with Crippen LogP contribution in [0.3, 0.4) is 0 Å². The summed E-state index contributed by atoms with van der Waals surface area (Å²) in [6.07, 6.45) is 6.37. The van der Waals surface area contributed by atoms with E-state index in [2.05, 4.69) is 5.32 Å². The Morgan fingerprint density at radius 3 is 2.53 bits per heavy atom. The Kier molecular flexibility index (Phi) is 3.69. The Morgan fingerprint density at radius 2 is 1.94 bits per heavy atom. The van der Waals surface area contributed by atoms with Crippen molar-refractivity contribution in [2.75, 3.05) is 0 Å². The second kappa shape index (κ2) is 5.07. The van der Waals surface area contributed by atoms with Gasteiger partial charge < -0.3 is 5.32 Å². The predicted molar refractivity (Wildman–Crippen MR) is 65.5 cm³/mol. The van der Waals surface area contributed by atoms with Gasteiger partial charge in [-0.05, 0) is 18.8 Å². The molecule has 4 heteroatoms. The molecule has 0 spiro atoms. The van der Waals surface area contributed by atoms with Crippen LogP contribution in [0.15, 0.2) is 0 Å². The van der Waals surface area contributed by atoms with Crippen molar-refractivity contribution >= 4 is 11.9 Å². The standard InChI is InChI=1S/C13H22N2O2/c1-3-9(2)11-12(16)15(13(17)14-11)10-7-5-4-6-8-10/h9-11H,3-8H2,1-2H3,(H,14,17). The molecule has 0 aromatic heterocycles. The topological polar surface area (TPSA) is 49.4 Å². The van der Waals surface area contributed by atoms with Crippen LogP contribution in [-0.2, 0) is 4.79 Å². The van der Waals surface area contributed by atoms with Crippen LogP contribution in [0.25, 0.3) is 0 Å². The highest BCUT2D eigenvalue weighted by Gasteiger charge is 2.43. The van der Waals surface area contributed by atoms with Crippen LogP contribution < -0.4 is 5.32 Å². The molecule has 2 atom stereocenters. The Labute approximate surface area is 103 Å². The van der Waals surface area contributed by atoms with Crippen molar-refractivity contribution in [3.8, 4) is 0 Å². The van der Waals surface area contributed by atoms with Gasteiger partial charge in [0.05, 0.1) is 0 Å². The number of hydrogen-bond acceptors (Lipinski definition) is 2. The van der Waals surface area contributed by atoms with Gasteiger partial charge in [-0.25, -0.2) is 4.79 Å². The molecule has 0 aromatic rings. The van der Waals surface area contributed by atoms with Gasteiger partial charge in [-0.15, -0.1) is 0 Å². The van der Waals surface area contributed by atoms with Crippen LogP contribution >= 0.6 is 0 Å². The van der Waals surface area contributed by atoms with Crippen LogP contribution in [0.5, 0.6) is 0 Å². The zero-order valence-corrected chi connectivity index (χ0v) is 10.7. The number of nitrogens with zero attached hydrogens (tertiary/aromatic N) is 1. The molecule has 1 saturated carbocycles. The molecule has 1 N–H and O–H groups in total. The van der Waals surface area contributed by atoms with Crippen molar-refractivity contribution < 1.29 is 9.59 Å². The fourth-order valence-electron chi connectivity index (χ4n) is 2.82. The minimum absolute atomic E-state index is 0.00347. The largest absolute Gasteiger partial charge is 0.326 e. The van der Waals surface area contributed by atoms with Gasteiger partial charge >= 0.3 is 6.03 Å². The maximum absolute atomic E-state index is 12.3. The van der Waals surface area contributed by atoms with Gasteiger partial charge in [0.1, 0.15) is 6.04 Å². The molecular weight excluding hydrogens is 216 g/mol. The first kappa shape index (κ1) is 12.4. The van der Waals surface area contributed by atoms with Crippen LogP contribution in [0.4, 0.5) is 4.79 Å². The minimum atomic E-state index is -0.297. The molecule has 3 amide bonds. The summed E-state index contributed by atoms with van der Waals surface area (Å²) in [5.41, 5.74) is 0. The van der Waals surface area contributed by atoms with E-state index >= 15 is 0 Å². The van der Waals surface area contributed by atoms with Crippen LogP contribution in [0.2, 0.25) is 0 Å². The maximum atomic E-state index is 12.3. The lowest BCUT2D eigenvalue weighted by Crippen LogP contribution is -2.42. The Morgan fingerprint density at radius 1 is 1.29 bits per heavy atom. The normalized spacial score (nSPS) is 28.4. The summed E-state index contributed by atoms with van der Waals surface area (Å²) in [7, 11) is 0. The molecule has 1 saturated heterocycles. The second-order valence-electron chi connectivity index (χ2n) is 5.31. The number of urea groups is 1. The molecule has 96 valence electrons.